The van der Waals surface area contributed by atoms with Crippen LogP contribution in [0.25, 0.3) is 0 Å². The molecule has 1 rings (SSSR count). The maximum absolute atomic E-state index is 11.2. The lowest BCUT2D eigenvalue weighted by molar-refractivity contribution is -0.142. The van der Waals surface area contributed by atoms with Crippen LogP contribution in [0, 0.1) is 11.3 Å². The molecule has 78 valence electrons. The fourth-order valence-corrected chi connectivity index (χ4v) is 1.49. The van der Waals surface area contributed by atoms with E-state index in [2.05, 4.69) is 20.9 Å². The van der Waals surface area contributed by atoms with Gasteiger partial charge in [-0.05, 0) is 28.4 Å². The van der Waals surface area contributed by atoms with Crippen LogP contribution in [0.2, 0.25) is 0 Å². The molecule has 0 aromatic carbocycles. The summed E-state index contributed by atoms with van der Waals surface area (Å²) in [6.07, 6.45) is 3.11. The molecule has 15 heavy (non-hydrogen) atoms. The van der Waals surface area contributed by atoms with Gasteiger partial charge < -0.3 is 4.74 Å². The minimum Gasteiger partial charge on any atom is -0.466 e. The molecule has 0 unspecified atom stereocenters. The monoisotopic (exact) mass is 268 g/mol. The van der Waals surface area contributed by atoms with Gasteiger partial charge in [0.15, 0.2) is 0 Å². The molecule has 5 heteroatoms. The third-order valence-corrected chi connectivity index (χ3v) is 2.65. The van der Waals surface area contributed by atoms with Crippen molar-refractivity contribution in [2.24, 2.45) is 0 Å². The van der Waals surface area contributed by atoms with E-state index >= 15 is 0 Å². The normalized spacial score (nSPS) is 9.40. The van der Waals surface area contributed by atoms with Gasteiger partial charge in [-0.1, -0.05) is 0 Å². The third kappa shape index (κ3) is 3.03. The predicted molar refractivity (Wildman–Crippen MR) is 57.0 cm³/mol. The van der Waals surface area contributed by atoms with Crippen LogP contribution in [-0.4, -0.2) is 17.6 Å². The zero-order chi connectivity index (χ0) is 11.3. The highest BCUT2D eigenvalue weighted by Crippen LogP contribution is 2.20. The van der Waals surface area contributed by atoms with Crippen LogP contribution in [0.15, 0.2) is 16.9 Å². The molecule has 0 N–H and O–H groups in total. The van der Waals surface area contributed by atoms with Crippen molar-refractivity contribution in [3.05, 3.63) is 28.0 Å². The Hall–Kier alpha value is -1.41. The summed E-state index contributed by atoms with van der Waals surface area (Å²) >= 11 is 3.25. The van der Waals surface area contributed by atoms with Crippen molar-refractivity contribution in [2.75, 3.05) is 6.61 Å². The summed E-state index contributed by atoms with van der Waals surface area (Å²) < 4.78 is 5.41. The van der Waals surface area contributed by atoms with Crippen molar-refractivity contribution in [3.8, 4) is 6.07 Å². The molecule has 0 radical (unpaired) electrons. The molecule has 0 bridgehead atoms. The minimum atomic E-state index is -0.324. The molecule has 0 amide bonds. The highest BCUT2D eigenvalue weighted by molar-refractivity contribution is 9.10. The van der Waals surface area contributed by atoms with Crippen molar-refractivity contribution < 1.29 is 9.53 Å². The summed E-state index contributed by atoms with van der Waals surface area (Å²) in [6, 6.07) is 1.98. The zero-order valence-electron chi connectivity index (χ0n) is 8.16. The number of halogens is 1. The van der Waals surface area contributed by atoms with E-state index in [-0.39, 0.29) is 12.4 Å². The number of rotatable bonds is 3. The van der Waals surface area contributed by atoms with Crippen LogP contribution in [0.5, 0.6) is 0 Å². The summed E-state index contributed by atoms with van der Waals surface area (Å²) in [5, 5.41) is 8.74. The van der Waals surface area contributed by atoms with Crippen LogP contribution in [0.3, 0.4) is 0 Å². The van der Waals surface area contributed by atoms with Gasteiger partial charge in [-0.25, -0.2) is 0 Å². The topological polar surface area (TPSA) is 63.0 Å². The second kappa shape index (κ2) is 5.47. The largest absolute Gasteiger partial charge is 0.466 e. The maximum atomic E-state index is 11.2. The molecule has 0 fully saturated rings. The number of carbonyl (C=O) groups is 1. The second-order valence-corrected chi connectivity index (χ2v) is 3.55. The van der Waals surface area contributed by atoms with Crippen molar-refractivity contribution in [1.29, 1.82) is 5.26 Å². The average Bonchev–Trinajstić information content (AvgIpc) is 2.21. The van der Waals surface area contributed by atoms with Gasteiger partial charge in [0, 0.05) is 16.9 Å². The molecule has 4 nitrogen and oxygen atoms in total. The highest BCUT2D eigenvalue weighted by atomic mass is 79.9. The van der Waals surface area contributed by atoms with E-state index < -0.39 is 0 Å². The van der Waals surface area contributed by atoms with Crippen LogP contribution in [-0.2, 0) is 16.0 Å². The van der Waals surface area contributed by atoms with Gasteiger partial charge in [0.2, 0.25) is 0 Å². The molecule has 0 saturated carbocycles. The molecular weight excluding hydrogens is 260 g/mol. The lowest BCUT2D eigenvalue weighted by Gasteiger charge is -2.04. The van der Waals surface area contributed by atoms with Crippen molar-refractivity contribution in [1.82, 2.24) is 4.98 Å². The van der Waals surface area contributed by atoms with Crippen molar-refractivity contribution in [2.45, 2.75) is 13.3 Å². The van der Waals surface area contributed by atoms with Gasteiger partial charge in [0.05, 0.1) is 18.6 Å². The number of hydrogen-bond acceptors (Lipinski definition) is 4. The van der Waals surface area contributed by atoms with Gasteiger partial charge >= 0.3 is 5.97 Å². The van der Waals surface area contributed by atoms with E-state index in [4.69, 9.17) is 10.00 Å². The number of nitrogens with zero attached hydrogens (tertiary/aromatic N) is 2. The molecule has 0 spiro atoms. The number of nitriles is 1. The molecule has 0 atom stereocenters. The molecule has 0 saturated heterocycles. The molecule has 0 aliphatic rings. The number of aromatic nitrogens is 1. The minimum absolute atomic E-state index is 0.122. The molecule has 0 aliphatic heterocycles. The summed E-state index contributed by atoms with van der Waals surface area (Å²) in [5.41, 5.74) is 1.07. The van der Waals surface area contributed by atoms with E-state index in [9.17, 15) is 4.79 Å². The fraction of sp³-hybridized carbons (Fsp3) is 0.300. The van der Waals surface area contributed by atoms with E-state index in [0.717, 1.165) is 0 Å². The first-order valence-electron chi connectivity index (χ1n) is 4.37. The SMILES string of the molecule is CCOC(=O)Cc1cncc(C#N)c1Br. The Bertz CT molecular complexity index is 412. The second-order valence-electron chi connectivity index (χ2n) is 2.75. The van der Waals surface area contributed by atoms with Crippen LogP contribution < -0.4 is 0 Å². The van der Waals surface area contributed by atoms with Crippen LogP contribution >= 0.6 is 15.9 Å². The number of ether oxygens (including phenoxy) is 1. The van der Waals surface area contributed by atoms with Gasteiger partial charge in [-0.3, -0.25) is 9.78 Å². The number of pyridine rings is 1. The van der Waals surface area contributed by atoms with Crippen molar-refractivity contribution in [3.63, 3.8) is 0 Å². The first kappa shape index (κ1) is 11.7. The van der Waals surface area contributed by atoms with Gasteiger partial charge in [0.1, 0.15) is 6.07 Å². The third-order valence-electron chi connectivity index (χ3n) is 1.71. The Kier molecular flexibility index (Phi) is 4.25. The number of hydrogen-bond donors (Lipinski definition) is 0. The molecule has 1 aromatic heterocycles. The summed E-state index contributed by atoms with van der Waals surface area (Å²) in [5.74, 6) is -0.324. The Labute approximate surface area is 96.0 Å². The molecular formula is C10H9BrN2O2. The number of carbonyl (C=O) groups excluding carboxylic acids is 1. The zero-order valence-corrected chi connectivity index (χ0v) is 9.74. The van der Waals surface area contributed by atoms with Crippen molar-refractivity contribution >= 4 is 21.9 Å². The Morgan fingerprint density at radius 3 is 3.00 bits per heavy atom. The van der Waals surface area contributed by atoms with E-state index in [1.54, 1.807) is 13.1 Å². The summed E-state index contributed by atoms with van der Waals surface area (Å²) in [7, 11) is 0. The van der Waals surface area contributed by atoms with E-state index in [1.165, 1.54) is 6.20 Å². The Morgan fingerprint density at radius 1 is 1.67 bits per heavy atom. The highest BCUT2D eigenvalue weighted by Gasteiger charge is 2.10. The molecule has 1 heterocycles. The maximum Gasteiger partial charge on any atom is 0.310 e. The lowest BCUT2D eigenvalue weighted by Crippen LogP contribution is -2.08. The van der Waals surface area contributed by atoms with Gasteiger partial charge in [-0.2, -0.15) is 5.26 Å². The molecule has 1 aromatic rings. The van der Waals surface area contributed by atoms with E-state index in [1.807, 2.05) is 6.07 Å². The Balaban J connectivity index is 2.87. The summed E-state index contributed by atoms with van der Waals surface area (Å²) in [4.78, 5) is 15.1. The van der Waals surface area contributed by atoms with Crippen LogP contribution in [0.4, 0.5) is 0 Å². The van der Waals surface area contributed by atoms with Crippen LogP contribution in [0.1, 0.15) is 18.1 Å². The smallest absolute Gasteiger partial charge is 0.310 e. The number of esters is 1. The predicted octanol–water partition coefficient (Wildman–Crippen LogP) is 1.82. The first-order valence-corrected chi connectivity index (χ1v) is 5.16. The summed E-state index contributed by atoms with van der Waals surface area (Å²) in [6.45, 7) is 2.10. The average molecular weight is 269 g/mol. The van der Waals surface area contributed by atoms with Gasteiger partial charge in [-0.15, -0.1) is 0 Å². The first-order chi connectivity index (χ1) is 7.19. The lowest BCUT2D eigenvalue weighted by atomic mass is 10.1. The quantitative estimate of drug-likeness (QED) is 0.785. The van der Waals surface area contributed by atoms with E-state index in [0.29, 0.717) is 22.2 Å². The standard InChI is InChI=1S/C10H9BrN2O2/c1-2-15-9(14)3-7-5-13-6-8(4-12)10(7)11/h5-6H,2-3H2,1H3. The molecule has 0 aliphatic carbocycles. The fourth-order valence-electron chi connectivity index (χ4n) is 1.06. The van der Waals surface area contributed by atoms with Gasteiger partial charge in [0.25, 0.3) is 0 Å². The Morgan fingerprint density at radius 2 is 2.40 bits per heavy atom.